The van der Waals surface area contributed by atoms with Crippen LogP contribution >= 0.6 is 11.6 Å². The summed E-state index contributed by atoms with van der Waals surface area (Å²) in [6.45, 7) is 0.768. The van der Waals surface area contributed by atoms with E-state index in [1.807, 2.05) is 0 Å². The number of hydrogen-bond acceptors (Lipinski definition) is 2. The fourth-order valence-corrected chi connectivity index (χ4v) is 1.32. The van der Waals surface area contributed by atoms with E-state index in [0.29, 0.717) is 12.4 Å². The molecule has 0 atom stereocenters. The van der Waals surface area contributed by atoms with Crippen molar-refractivity contribution >= 4 is 11.6 Å². The summed E-state index contributed by atoms with van der Waals surface area (Å²) in [5.41, 5.74) is 0. The van der Waals surface area contributed by atoms with Crippen LogP contribution in [0, 0.1) is 5.82 Å². The largest absolute Gasteiger partial charge is 0.494 e. The molecule has 0 fully saturated rings. The summed E-state index contributed by atoms with van der Waals surface area (Å²) in [6.07, 6.45) is 2.58. The molecule has 0 amide bonds. The first-order chi connectivity index (χ1) is 7.24. The number of rotatable bonds is 6. The first-order valence-electron chi connectivity index (χ1n) is 4.93. The molecule has 0 aliphatic heterocycles. The second-order valence-electron chi connectivity index (χ2n) is 3.21. The number of aliphatic hydroxyl groups excluding tert-OH is 1. The highest BCUT2D eigenvalue weighted by molar-refractivity contribution is 6.30. The molecule has 0 aliphatic rings. The Morgan fingerprint density at radius 2 is 2.07 bits per heavy atom. The molecule has 2 nitrogen and oxygen atoms in total. The van der Waals surface area contributed by atoms with Gasteiger partial charge in [0.05, 0.1) is 11.6 Å². The van der Waals surface area contributed by atoms with Gasteiger partial charge in [-0.2, -0.15) is 0 Å². The molecule has 0 unspecified atom stereocenters. The summed E-state index contributed by atoms with van der Waals surface area (Å²) in [6, 6.07) is 4.29. The Morgan fingerprint density at radius 1 is 1.27 bits per heavy atom. The van der Waals surface area contributed by atoms with E-state index in [9.17, 15) is 4.39 Å². The quantitative estimate of drug-likeness (QED) is 0.764. The standard InChI is InChI=1S/C11H14ClFO2/c12-10-8-9(4-5-11(10)13)15-7-3-1-2-6-14/h4-5,8,14H,1-3,6-7H2. The molecule has 84 valence electrons. The lowest BCUT2D eigenvalue weighted by atomic mass is 10.2. The summed E-state index contributed by atoms with van der Waals surface area (Å²) < 4.78 is 18.1. The third-order valence-corrected chi connectivity index (χ3v) is 2.25. The zero-order valence-corrected chi connectivity index (χ0v) is 9.13. The zero-order valence-electron chi connectivity index (χ0n) is 8.38. The Morgan fingerprint density at radius 3 is 2.73 bits per heavy atom. The smallest absolute Gasteiger partial charge is 0.142 e. The topological polar surface area (TPSA) is 29.5 Å². The minimum atomic E-state index is -0.440. The number of halogens is 2. The van der Waals surface area contributed by atoms with Gasteiger partial charge in [0.15, 0.2) is 0 Å². The first kappa shape index (κ1) is 12.3. The maximum absolute atomic E-state index is 12.8. The Labute approximate surface area is 93.6 Å². The van der Waals surface area contributed by atoms with Gasteiger partial charge in [-0.15, -0.1) is 0 Å². The third kappa shape index (κ3) is 4.49. The summed E-state index contributed by atoms with van der Waals surface area (Å²) in [7, 11) is 0. The van der Waals surface area contributed by atoms with Crippen molar-refractivity contribution in [3.63, 3.8) is 0 Å². The monoisotopic (exact) mass is 232 g/mol. The number of hydrogen-bond donors (Lipinski definition) is 1. The van der Waals surface area contributed by atoms with Crippen molar-refractivity contribution in [3.8, 4) is 5.75 Å². The third-order valence-electron chi connectivity index (χ3n) is 1.96. The molecule has 0 aliphatic carbocycles. The van der Waals surface area contributed by atoms with Gasteiger partial charge in [0.2, 0.25) is 0 Å². The summed E-state index contributed by atoms with van der Waals surface area (Å²) in [5, 5.41) is 8.62. The van der Waals surface area contributed by atoms with E-state index in [1.165, 1.54) is 12.1 Å². The summed E-state index contributed by atoms with van der Waals surface area (Å²) >= 11 is 5.59. The predicted octanol–water partition coefficient (Wildman–Crippen LogP) is 3.02. The Kier molecular flexibility index (Phi) is 5.43. The lowest BCUT2D eigenvalue weighted by molar-refractivity contribution is 0.266. The maximum Gasteiger partial charge on any atom is 0.142 e. The van der Waals surface area contributed by atoms with Crippen LogP contribution < -0.4 is 4.74 Å². The first-order valence-corrected chi connectivity index (χ1v) is 5.30. The van der Waals surface area contributed by atoms with Crippen molar-refractivity contribution in [2.75, 3.05) is 13.2 Å². The van der Waals surface area contributed by atoms with Crippen LogP contribution in [-0.4, -0.2) is 18.3 Å². The molecule has 0 bridgehead atoms. The highest BCUT2D eigenvalue weighted by Gasteiger charge is 2.01. The molecule has 0 saturated carbocycles. The normalized spacial score (nSPS) is 10.3. The number of ether oxygens (including phenoxy) is 1. The van der Waals surface area contributed by atoms with Crippen molar-refractivity contribution in [1.29, 1.82) is 0 Å². The van der Waals surface area contributed by atoms with Gasteiger partial charge in [0.25, 0.3) is 0 Å². The van der Waals surface area contributed by atoms with Gasteiger partial charge in [0, 0.05) is 12.7 Å². The Bertz CT molecular complexity index is 305. The molecule has 0 aromatic heterocycles. The molecule has 0 heterocycles. The SMILES string of the molecule is OCCCCCOc1ccc(F)c(Cl)c1. The van der Waals surface area contributed by atoms with E-state index in [-0.39, 0.29) is 11.6 Å². The minimum Gasteiger partial charge on any atom is -0.494 e. The number of benzene rings is 1. The van der Waals surface area contributed by atoms with E-state index in [1.54, 1.807) is 6.07 Å². The van der Waals surface area contributed by atoms with Gasteiger partial charge in [-0.25, -0.2) is 4.39 Å². The zero-order chi connectivity index (χ0) is 11.1. The van der Waals surface area contributed by atoms with E-state index in [2.05, 4.69) is 0 Å². The van der Waals surface area contributed by atoms with Gasteiger partial charge in [0.1, 0.15) is 11.6 Å². The molecule has 0 spiro atoms. The van der Waals surface area contributed by atoms with E-state index >= 15 is 0 Å². The molecule has 1 aromatic rings. The van der Waals surface area contributed by atoms with Crippen LogP contribution in [0.5, 0.6) is 5.75 Å². The lowest BCUT2D eigenvalue weighted by Crippen LogP contribution is -1.98. The van der Waals surface area contributed by atoms with Crippen LogP contribution in [0.3, 0.4) is 0 Å². The highest BCUT2D eigenvalue weighted by Crippen LogP contribution is 2.21. The van der Waals surface area contributed by atoms with Crippen molar-refractivity contribution < 1.29 is 14.2 Å². The van der Waals surface area contributed by atoms with Crippen LogP contribution in [0.15, 0.2) is 18.2 Å². The molecule has 0 radical (unpaired) electrons. The van der Waals surface area contributed by atoms with E-state index < -0.39 is 5.82 Å². The maximum atomic E-state index is 12.8. The van der Waals surface area contributed by atoms with Gasteiger partial charge in [-0.3, -0.25) is 0 Å². The average Bonchev–Trinajstić information content (AvgIpc) is 2.23. The number of unbranched alkanes of at least 4 members (excludes halogenated alkanes) is 2. The second kappa shape index (κ2) is 6.64. The lowest BCUT2D eigenvalue weighted by Gasteiger charge is -2.06. The fraction of sp³-hybridized carbons (Fsp3) is 0.455. The Hall–Kier alpha value is -0.800. The highest BCUT2D eigenvalue weighted by atomic mass is 35.5. The molecule has 1 aromatic carbocycles. The average molecular weight is 233 g/mol. The van der Waals surface area contributed by atoms with Crippen LogP contribution in [-0.2, 0) is 0 Å². The molecule has 0 saturated heterocycles. The van der Waals surface area contributed by atoms with Crippen LogP contribution in [0.2, 0.25) is 5.02 Å². The van der Waals surface area contributed by atoms with Crippen LogP contribution in [0.4, 0.5) is 4.39 Å². The van der Waals surface area contributed by atoms with Gasteiger partial charge in [-0.05, 0) is 31.4 Å². The van der Waals surface area contributed by atoms with E-state index in [0.717, 1.165) is 19.3 Å². The van der Waals surface area contributed by atoms with Crippen molar-refractivity contribution in [2.45, 2.75) is 19.3 Å². The predicted molar refractivity (Wildman–Crippen MR) is 57.8 cm³/mol. The van der Waals surface area contributed by atoms with Gasteiger partial charge >= 0.3 is 0 Å². The summed E-state index contributed by atoms with van der Waals surface area (Å²) in [5.74, 6) is 0.134. The van der Waals surface area contributed by atoms with Crippen LogP contribution in [0.25, 0.3) is 0 Å². The molecule has 1 N–H and O–H groups in total. The fourth-order valence-electron chi connectivity index (χ4n) is 1.15. The molecule has 1 rings (SSSR count). The minimum absolute atomic E-state index is 0.0721. The molecular formula is C11H14ClFO2. The molecule has 15 heavy (non-hydrogen) atoms. The van der Waals surface area contributed by atoms with Gasteiger partial charge in [-0.1, -0.05) is 11.6 Å². The van der Waals surface area contributed by atoms with Crippen LogP contribution in [0.1, 0.15) is 19.3 Å². The van der Waals surface area contributed by atoms with Crippen molar-refractivity contribution in [3.05, 3.63) is 29.0 Å². The summed E-state index contributed by atoms with van der Waals surface area (Å²) in [4.78, 5) is 0. The molecular weight excluding hydrogens is 219 g/mol. The van der Waals surface area contributed by atoms with Crippen molar-refractivity contribution in [2.24, 2.45) is 0 Å². The second-order valence-corrected chi connectivity index (χ2v) is 3.62. The molecule has 4 heteroatoms. The number of aliphatic hydroxyl groups is 1. The Balaban J connectivity index is 2.28. The van der Waals surface area contributed by atoms with E-state index in [4.69, 9.17) is 21.4 Å². The van der Waals surface area contributed by atoms with Crippen molar-refractivity contribution in [1.82, 2.24) is 0 Å². The van der Waals surface area contributed by atoms with Gasteiger partial charge < -0.3 is 9.84 Å².